The summed E-state index contributed by atoms with van der Waals surface area (Å²) in [6.45, 7) is 4.49. The van der Waals surface area contributed by atoms with Gasteiger partial charge in [-0.2, -0.15) is 5.10 Å². The van der Waals surface area contributed by atoms with Crippen LogP contribution in [-0.4, -0.2) is 35.6 Å². The lowest BCUT2D eigenvalue weighted by Crippen LogP contribution is -2.31. The molecule has 0 N–H and O–H groups in total. The first kappa shape index (κ1) is 24.4. The number of methoxy groups -OCH3 is 2. The van der Waals surface area contributed by atoms with Crippen molar-refractivity contribution in [3.8, 4) is 17.2 Å². The van der Waals surface area contributed by atoms with Crippen molar-refractivity contribution >= 4 is 17.6 Å². The first-order valence-corrected chi connectivity index (χ1v) is 11.5. The molecule has 182 valence electrons. The maximum absolute atomic E-state index is 12.9. The third kappa shape index (κ3) is 5.52. The molecule has 0 spiro atoms. The Morgan fingerprint density at radius 2 is 1.69 bits per heavy atom. The van der Waals surface area contributed by atoms with Crippen molar-refractivity contribution in [3.05, 3.63) is 77.1 Å². The average molecular weight is 475 g/mol. The summed E-state index contributed by atoms with van der Waals surface area (Å²) in [7, 11) is 3.20. The van der Waals surface area contributed by atoms with Gasteiger partial charge < -0.3 is 14.2 Å². The van der Waals surface area contributed by atoms with Crippen molar-refractivity contribution in [3.63, 3.8) is 0 Å². The molecule has 0 saturated heterocycles. The maximum Gasteiger partial charge on any atom is 0.167 e. The zero-order chi connectivity index (χ0) is 25.0. The number of carbonyl (C=O) groups is 2. The Balaban J connectivity index is 1.72. The first-order valence-electron chi connectivity index (χ1n) is 11.5. The van der Waals surface area contributed by atoms with Gasteiger partial charge in [-0.3, -0.25) is 9.59 Å². The van der Waals surface area contributed by atoms with Gasteiger partial charge in [0.25, 0.3) is 0 Å². The molecule has 7 heteroatoms. The number of hydrogen-bond acceptors (Lipinski definition) is 6. The molecule has 0 radical (unpaired) electrons. The normalized spacial score (nSPS) is 15.3. The van der Waals surface area contributed by atoms with Crippen LogP contribution in [0, 0.1) is 5.41 Å². The number of ketones is 2. The van der Waals surface area contributed by atoms with Gasteiger partial charge in [0.05, 0.1) is 38.7 Å². The van der Waals surface area contributed by atoms with Crippen LogP contribution < -0.4 is 9.47 Å². The van der Waals surface area contributed by atoms with E-state index in [-0.39, 0.29) is 29.2 Å². The summed E-state index contributed by atoms with van der Waals surface area (Å²) in [5, 5.41) is 4.38. The van der Waals surface area contributed by atoms with Gasteiger partial charge in [-0.1, -0.05) is 26.0 Å². The van der Waals surface area contributed by atoms with Gasteiger partial charge >= 0.3 is 0 Å². The van der Waals surface area contributed by atoms with Crippen molar-refractivity contribution < 1.29 is 23.8 Å². The topological polar surface area (TPSA) is 79.7 Å². The van der Waals surface area contributed by atoms with Gasteiger partial charge in [0.15, 0.2) is 11.6 Å². The second-order valence-corrected chi connectivity index (χ2v) is 9.39. The molecule has 0 amide bonds. The minimum absolute atomic E-state index is 0.150. The largest absolute Gasteiger partial charge is 0.497 e. The minimum Gasteiger partial charge on any atom is -0.497 e. The van der Waals surface area contributed by atoms with E-state index in [4.69, 9.17) is 14.2 Å². The molecule has 1 fully saturated rings. The molecule has 2 aromatic carbocycles. The number of Topliss-reactive ketones (excluding diaryl/α,β-unsaturated/α-hetero) is 2. The van der Waals surface area contributed by atoms with E-state index in [1.165, 1.54) is 0 Å². The highest BCUT2D eigenvalue weighted by Gasteiger charge is 2.35. The summed E-state index contributed by atoms with van der Waals surface area (Å²) in [5.74, 6) is 1.04. The van der Waals surface area contributed by atoms with Gasteiger partial charge in [0.2, 0.25) is 0 Å². The Morgan fingerprint density at radius 1 is 0.971 bits per heavy atom. The summed E-state index contributed by atoms with van der Waals surface area (Å²) in [5.41, 5.74) is 3.07. The first-order chi connectivity index (χ1) is 16.8. The highest BCUT2D eigenvalue weighted by atomic mass is 16.5. The molecule has 0 aliphatic heterocycles. The molecule has 4 rings (SSSR count). The Kier molecular flexibility index (Phi) is 7.17. The van der Waals surface area contributed by atoms with Crippen LogP contribution in [0.25, 0.3) is 11.8 Å². The fourth-order valence-corrected chi connectivity index (χ4v) is 4.32. The Labute approximate surface area is 205 Å². The zero-order valence-electron chi connectivity index (χ0n) is 20.5. The predicted octanol–water partition coefficient (Wildman–Crippen LogP) is 4.95. The quantitative estimate of drug-likeness (QED) is 0.340. The van der Waals surface area contributed by atoms with Crippen LogP contribution >= 0.6 is 0 Å². The number of nitrogens with zero attached hydrogens (tertiary/aromatic N) is 2. The lowest BCUT2D eigenvalue weighted by Gasteiger charge is -2.28. The van der Waals surface area contributed by atoms with E-state index in [1.807, 2.05) is 62.5 Å². The molecule has 7 nitrogen and oxygen atoms in total. The molecule has 1 heterocycles. The monoisotopic (exact) mass is 474 g/mol. The van der Waals surface area contributed by atoms with Gasteiger partial charge in [-0.05, 0) is 47.4 Å². The molecule has 0 bridgehead atoms. The molecule has 35 heavy (non-hydrogen) atoms. The Hall–Kier alpha value is -3.71. The second kappa shape index (κ2) is 10.3. The summed E-state index contributed by atoms with van der Waals surface area (Å²) in [4.78, 5) is 25.8. The van der Waals surface area contributed by atoms with Crippen LogP contribution in [0.3, 0.4) is 0 Å². The van der Waals surface area contributed by atoms with E-state index in [0.29, 0.717) is 30.8 Å². The number of rotatable bonds is 8. The smallest absolute Gasteiger partial charge is 0.167 e. The van der Waals surface area contributed by atoms with Crippen molar-refractivity contribution in [1.29, 1.82) is 0 Å². The Bertz CT molecular complexity index is 1220. The van der Waals surface area contributed by atoms with Crippen LogP contribution in [0.1, 0.15) is 43.4 Å². The third-order valence-corrected chi connectivity index (χ3v) is 6.11. The van der Waals surface area contributed by atoms with Gasteiger partial charge in [0, 0.05) is 36.4 Å². The fraction of sp³-hybridized carbons (Fsp3) is 0.321. The van der Waals surface area contributed by atoms with Crippen LogP contribution in [-0.2, 0) is 27.5 Å². The standard InChI is InChI=1S/C28H30N2O5/c1-28(2)15-25(31)22(26(32)16-28)14-21-23(18-35-17-19-6-8-20(33-3)9-7-19)24(10-11-27(21)34-4)30-13-5-12-29-30/h5-14H,15-18H2,1-4H3. The second-order valence-electron chi connectivity index (χ2n) is 9.39. The van der Waals surface area contributed by atoms with E-state index >= 15 is 0 Å². The van der Waals surface area contributed by atoms with E-state index in [2.05, 4.69) is 5.10 Å². The number of benzene rings is 2. The third-order valence-electron chi connectivity index (χ3n) is 6.11. The molecule has 1 aliphatic rings. The molecule has 1 aliphatic carbocycles. The molecule has 0 atom stereocenters. The average Bonchev–Trinajstić information content (AvgIpc) is 3.36. The van der Waals surface area contributed by atoms with E-state index < -0.39 is 0 Å². The SMILES string of the molecule is COc1ccc(COCc2c(-n3cccn3)ccc(OC)c2C=C2C(=O)CC(C)(C)CC2=O)cc1. The van der Waals surface area contributed by atoms with Gasteiger partial charge in [-0.15, -0.1) is 0 Å². The van der Waals surface area contributed by atoms with Crippen LogP contribution in [0.4, 0.5) is 0 Å². The maximum atomic E-state index is 12.9. The summed E-state index contributed by atoms with van der Waals surface area (Å²) < 4.78 is 18.7. The van der Waals surface area contributed by atoms with E-state index in [9.17, 15) is 9.59 Å². The van der Waals surface area contributed by atoms with Crippen molar-refractivity contribution in [1.82, 2.24) is 9.78 Å². The lowest BCUT2D eigenvalue weighted by molar-refractivity contribution is -0.127. The summed E-state index contributed by atoms with van der Waals surface area (Å²) >= 11 is 0. The van der Waals surface area contributed by atoms with Crippen LogP contribution in [0.15, 0.2) is 60.4 Å². The predicted molar refractivity (Wildman–Crippen MR) is 133 cm³/mol. The fourth-order valence-electron chi connectivity index (χ4n) is 4.32. The van der Waals surface area contributed by atoms with E-state index in [1.54, 1.807) is 31.2 Å². The van der Waals surface area contributed by atoms with E-state index in [0.717, 1.165) is 22.6 Å². The molecule has 1 saturated carbocycles. The Morgan fingerprint density at radius 3 is 2.29 bits per heavy atom. The summed E-state index contributed by atoms with van der Waals surface area (Å²) in [6.07, 6.45) is 5.85. The number of carbonyl (C=O) groups excluding carboxylic acids is 2. The summed E-state index contributed by atoms with van der Waals surface area (Å²) in [6, 6.07) is 13.2. The van der Waals surface area contributed by atoms with Crippen molar-refractivity contribution in [2.75, 3.05) is 14.2 Å². The zero-order valence-corrected chi connectivity index (χ0v) is 20.5. The number of ether oxygens (including phenoxy) is 3. The highest BCUT2D eigenvalue weighted by Crippen LogP contribution is 2.37. The van der Waals surface area contributed by atoms with Crippen LogP contribution in [0.5, 0.6) is 11.5 Å². The molecule has 0 unspecified atom stereocenters. The number of aromatic nitrogens is 2. The molecule has 3 aromatic rings. The van der Waals surface area contributed by atoms with Gasteiger partial charge in [-0.25, -0.2) is 4.68 Å². The molecular formula is C28H30N2O5. The molecular weight excluding hydrogens is 444 g/mol. The van der Waals surface area contributed by atoms with Gasteiger partial charge in [0.1, 0.15) is 11.5 Å². The lowest BCUT2D eigenvalue weighted by atomic mass is 9.73. The highest BCUT2D eigenvalue weighted by molar-refractivity contribution is 6.25. The molecule has 1 aromatic heterocycles. The minimum atomic E-state index is -0.337. The number of hydrogen-bond donors (Lipinski definition) is 0. The van der Waals surface area contributed by atoms with Crippen molar-refractivity contribution in [2.45, 2.75) is 39.9 Å². The number of allylic oxidation sites excluding steroid dienone is 1. The van der Waals surface area contributed by atoms with Crippen molar-refractivity contribution in [2.24, 2.45) is 5.41 Å². The van der Waals surface area contributed by atoms with Crippen LogP contribution in [0.2, 0.25) is 0 Å².